The molecule has 0 bridgehead atoms. The van der Waals surface area contributed by atoms with Crippen LogP contribution in [-0.4, -0.2) is 58.7 Å². The van der Waals surface area contributed by atoms with Gasteiger partial charge in [0.15, 0.2) is 0 Å². The summed E-state index contributed by atoms with van der Waals surface area (Å²) in [6.45, 7) is 6.98. The summed E-state index contributed by atoms with van der Waals surface area (Å²) in [6, 6.07) is 10.3. The van der Waals surface area contributed by atoms with Crippen LogP contribution in [0.3, 0.4) is 0 Å². The Balaban J connectivity index is 1.34. The van der Waals surface area contributed by atoms with Gasteiger partial charge in [-0.3, -0.25) is 19.8 Å². The van der Waals surface area contributed by atoms with Gasteiger partial charge in [-0.25, -0.2) is 0 Å². The van der Waals surface area contributed by atoms with Crippen molar-refractivity contribution in [3.8, 4) is 0 Å². The second-order valence-electron chi connectivity index (χ2n) is 7.11. The Hall–Kier alpha value is -1.82. The maximum Gasteiger partial charge on any atom is 0.0743 e. The van der Waals surface area contributed by atoms with Crippen LogP contribution in [0.4, 0.5) is 0 Å². The van der Waals surface area contributed by atoms with Gasteiger partial charge < -0.3 is 4.74 Å². The molecule has 5 heteroatoms. The number of fused-ring (bicyclic) bond motifs is 1. The molecule has 5 nitrogen and oxygen atoms in total. The van der Waals surface area contributed by atoms with Crippen molar-refractivity contribution in [2.24, 2.45) is 5.92 Å². The van der Waals surface area contributed by atoms with E-state index >= 15 is 0 Å². The Labute approximate surface area is 149 Å². The topological polar surface area (TPSA) is 41.5 Å². The van der Waals surface area contributed by atoms with Crippen molar-refractivity contribution in [3.63, 3.8) is 0 Å². The first-order valence-corrected chi connectivity index (χ1v) is 9.22. The van der Waals surface area contributed by atoms with Crippen molar-refractivity contribution < 1.29 is 4.74 Å². The van der Waals surface area contributed by atoms with E-state index in [1.54, 1.807) is 0 Å². The molecule has 0 aliphatic carbocycles. The third kappa shape index (κ3) is 4.42. The van der Waals surface area contributed by atoms with Crippen LogP contribution in [0.15, 0.2) is 48.9 Å². The van der Waals surface area contributed by atoms with E-state index in [1.165, 1.54) is 12.0 Å². The van der Waals surface area contributed by atoms with Crippen LogP contribution < -0.4 is 0 Å². The fraction of sp³-hybridized carbons (Fsp3) is 0.500. The number of aromatic nitrogens is 2. The number of ether oxygens (including phenoxy) is 1. The second-order valence-corrected chi connectivity index (χ2v) is 7.11. The summed E-state index contributed by atoms with van der Waals surface area (Å²) < 4.78 is 6.22. The third-order valence-electron chi connectivity index (χ3n) is 5.25. The van der Waals surface area contributed by atoms with E-state index in [0.717, 1.165) is 51.6 Å². The van der Waals surface area contributed by atoms with E-state index in [9.17, 15) is 0 Å². The average molecular weight is 338 g/mol. The van der Waals surface area contributed by atoms with Gasteiger partial charge in [0.2, 0.25) is 0 Å². The molecule has 2 fully saturated rings. The summed E-state index contributed by atoms with van der Waals surface area (Å²) in [5.41, 5.74) is 2.43. The monoisotopic (exact) mass is 338 g/mol. The van der Waals surface area contributed by atoms with Crippen LogP contribution in [0.5, 0.6) is 0 Å². The minimum absolute atomic E-state index is 0.344. The molecule has 4 heterocycles. The van der Waals surface area contributed by atoms with Gasteiger partial charge in [0, 0.05) is 57.2 Å². The lowest BCUT2D eigenvalue weighted by molar-refractivity contribution is -0.0244. The molecule has 0 radical (unpaired) electrons. The fourth-order valence-electron chi connectivity index (χ4n) is 3.94. The van der Waals surface area contributed by atoms with Crippen LogP contribution in [0.1, 0.15) is 17.7 Å². The molecule has 25 heavy (non-hydrogen) atoms. The number of nitrogens with zero attached hydrogens (tertiary/aromatic N) is 4. The zero-order valence-electron chi connectivity index (χ0n) is 14.6. The zero-order valence-corrected chi connectivity index (χ0v) is 14.6. The van der Waals surface area contributed by atoms with Crippen LogP contribution in [0, 0.1) is 5.92 Å². The third-order valence-corrected chi connectivity index (χ3v) is 5.25. The molecule has 0 unspecified atom stereocenters. The van der Waals surface area contributed by atoms with E-state index in [-0.39, 0.29) is 0 Å². The quantitative estimate of drug-likeness (QED) is 0.855. The van der Waals surface area contributed by atoms with Crippen molar-refractivity contribution in [1.29, 1.82) is 0 Å². The molecule has 4 rings (SSSR count). The molecule has 0 saturated carbocycles. The maximum atomic E-state index is 6.22. The predicted molar refractivity (Wildman–Crippen MR) is 96.9 cm³/mol. The van der Waals surface area contributed by atoms with Crippen LogP contribution in [-0.2, 0) is 17.8 Å². The Morgan fingerprint density at radius 2 is 1.96 bits per heavy atom. The molecule has 0 spiro atoms. The highest BCUT2D eigenvalue weighted by molar-refractivity contribution is 5.08. The van der Waals surface area contributed by atoms with Gasteiger partial charge in [-0.05, 0) is 36.7 Å². The van der Waals surface area contributed by atoms with Gasteiger partial charge in [-0.2, -0.15) is 0 Å². The Kier molecular flexibility index (Phi) is 5.35. The SMILES string of the molecule is c1ccc(CN2CC[C@@H]3CN(Cc4cccnc4)CCO[C@@H]3C2)nc1. The highest BCUT2D eigenvalue weighted by Gasteiger charge is 2.33. The molecule has 2 atom stereocenters. The lowest BCUT2D eigenvalue weighted by Gasteiger charge is -2.37. The summed E-state index contributed by atoms with van der Waals surface area (Å²) in [6.07, 6.45) is 7.22. The Morgan fingerprint density at radius 1 is 1.00 bits per heavy atom. The van der Waals surface area contributed by atoms with Crippen LogP contribution in [0.2, 0.25) is 0 Å². The molecular weight excluding hydrogens is 312 g/mol. The standard InChI is InChI=1S/C20H26N4O/c1-2-8-22-19(5-1)15-23-9-6-18-14-24(10-11-25-20(18)16-23)13-17-4-3-7-21-12-17/h1-5,7-8,12,18,20H,6,9-11,13-16H2/t18-,20-/m1/s1. The number of pyridine rings is 2. The number of hydrogen-bond acceptors (Lipinski definition) is 5. The van der Waals surface area contributed by atoms with E-state index in [2.05, 4.69) is 38.0 Å². The number of hydrogen-bond donors (Lipinski definition) is 0. The number of rotatable bonds is 4. The molecule has 2 aromatic rings. The highest BCUT2D eigenvalue weighted by atomic mass is 16.5. The van der Waals surface area contributed by atoms with Crippen molar-refractivity contribution in [2.75, 3.05) is 32.8 Å². The van der Waals surface area contributed by atoms with E-state index in [0.29, 0.717) is 12.0 Å². The predicted octanol–water partition coefficient (Wildman–Crippen LogP) is 2.20. The van der Waals surface area contributed by atoms with Gasteiger partial charge in [-0.1, -0.05) is 12.1 Å². The summed E-state index contributed by atoms with van der Waals surface area (Å²) >= 11 is 0. The largest absolute Gasteiger partial charge is 0.375 e. The molecule has 0 aromatic carbocycles. The average Bonchev–Trinajstić information content (AvgIpc) is 2.85. The minimum atomic E-state index is 0.344. The maximum absolute atomic E-state index is 6.22. The molecule has 0 N–H and O–H groups in total. The molecule has 2 saturated heterocycles. The summed E-state index contributed by atoms with van der Waals surface area (Å²) in [4.78, 5) is 13.7. The highest BCUT2D eigenvalue weighted by Crippen LogP contribution is 2.25. The van der Waals surface area contributed by atoms with Crippen molar-refractivity contribution >= 4 is 0 Å². The first kappa shape index (κ1) is 16.6. The van der Waals surface area contributed by atoms with Crippen LogP contribution in [0.25, 0.3) is 0 Å². The number of likely N-dealkylation sites (tertiary alicyclic amines) is 1. The van der Waals surface area contributed by atoms with Crippen LogP contribution >= 0.6 is 0 Å². The minimum Gasteiger partial charge on any atom is -0.375 e. The molecule has 2 aromatic heterocycles. The van der Waals surface area contributed by atoms with E-state index in [4.69, 9.17) is 4.74 Å². The first-order valence-electron chi connectivity index (χ1n) is 9.22. The molecule has 2 aliphatic heterocycles. The van der Waals surface area contributed by atoms with Gasteiger partial charge in [0.25, 0.3) is 0 Å². The lowest BCUT2D eigenvalue weighted by atomic mass is 9.93. The summed E-state index contributed by atoms with van der Waals surface area (Å²) in [7, 11) is 0. The Morgan fingerprint density at radius 3 is 2.80 bits per heavy atom. The van der Waals surface area contributed by atoms with Gasteiger partial charge >= 0.3 is 0 Å². The Bertz CT molecular complexity index is 651. The normalized spacial score (nSPS) is 25.3. The molecule has 0 amide bonds. The second kappa shape index (κ2) is 8.04. The molecule has 2 aliphatic rings. The van der Waals surface area contributed by atoms with E-state index in [1.807, 2.05) is 30.7 Å². The molecular formula is C20H26N4O. The summed E-state index contributed by atoms with van der Waals surface area (Å²) in [5, 5.41) is 0. The van der Waals surface area contributed by atoms with Crippen molar-refractivity contribution in [2.45, 2.75) is 25.6 Å². The van der Waals surface area contributed by atoms with Crippen molar-refractivity contribution in [1.82, 2.24) is 19.8 Å². The zero-order chi connectivity index (χ0) is 16.9. The van der Waals surface area contributed by atoms with Gasteiger partial charge in [0.05, 0.1) is 18.4 Å². The number of piperidine rings is 1. The van der Waals surface area contributed by atoms with Gasteiger partial charge in [0.1, 0.15) is 0 Å². The van der Waals surface area contributed by atoms with E-state index < -0.39 is 0 Å². The van der Waals surface area contributed by atoms with Crippen molar-refractivity contribution in [3.05, 3.63) is 60.2 Å². The lowest BCUT2D eigenvalue weighted by Crippen LogP contribution is -2.46. The van der Waals surface area contributed by atoms with Gasteiger partial charge in [-0.15, -0.1) is 0 Å². The fourth-order valence-corrected chi connectivity index (χ4v) is 3.94. The molecule has 132 valence electrons. The smallest absolute Gasteiger partial charge is 0.0743 e. The summed E-state index contributed by atoms with van der Waals surface area (Å²) in [5.74, 6) is 0.624. The first-order chi connectivity index (χ1) is 12.4.